The molecule has 45 heavy (non-hydrogen) atoms. The number of carbonyl (C=O) groups is 2. The molecule has 238 valence electrons. The van der Waals surface area contributed by atoms with Crippen molar-refractivity contribution in [3.05, 3.63) is 112 Å². The number of ether oxygens (including phenoxy) is 1. The third kappa shape index (κ3) is 8.92. The van der Waals surface area contributed by atoms with Gasteiger partial charge < -0.3 is 20.9 Å². The lowest BCUT2D eigenvalue weighted by Crippen LogP contribution is -2.43. The number of sulfonamides is 1. The zero-order chi connectivity index (χ0) is 32.4. The highest BCUT2D eigenvalue weighted by molar-refractivity contribution is 7.89. The molecule has 2 atom stereocenters. The fraction of sp³-hybridized carbons (Fsp3) is 0.281. The highest BCUT2D eigenvalue weighted by atomic mass is 35.5. The summed E-state index contributed by atoms with van der Waals surface area (Å²) in [5.41, 5.74) is 9.07. The van der Waals surface area contributed by atoms with Gasteiger partial charge in [0.25, 0.3) is 0 Å². The minimum atomic E-state index is -4.04. The molecule has 0 aliphatic carbocycles. The summed E-state index contributed by atoms with van der Waals surface area (Å²) < 4.78 is 33.6. The SMILES string of the molecule is COC(=O)N[C@@H](Cc1ccccc1Cl)C(=O)Cc1ccccc1CC[C@@H](CO)N(Cc1cn[nH]c1)S(=O)(=O)c1ccc(N)cc1. The molecule has 0 saturated carbocycles. The molecule has 13 heteroatoms. The average molecular weight is 654 g/mol. The van der Waals surface area contributed by atoms with E-state index in [1.54, 1.807) is 30.5 Å². The van der Waals surface area contributed by atoms with Crippen molar-refractivity contribution >= 4 is 39.2 Å². The van der Waals surface area contributed by atoms with E-state index in [1.807, 2.05) is 24.3 Å². The van der Waals surface area contributed by atoms with Gasteiger partial charge in [0.1, 0.15) is 0 Å². The molecule has 1 heterocycles. The van der Waals surface area contributed by atoms with E-state index in [1.165, 1.54) is 41.9 Å². The van der Waals surface area contributed by atoms with Gasteiger partial charge in [-0.15, -0.1) is 0 Å². The van der Waals surface area contributed by atoms with E-state index in [4.69, 9.17) is 22.1 Å². The Morgan fingerprint density at radius 2 is 1.71 bits per heavy atom. The number of alkyl carbamates (subject to hydrolysis) is 1. The Labute approximate surface area is 267 Å². The fourth-order valence-electron chi connectivity index (χ4n) is 4.99. The minimum absolute atomic E-state index is 0.00154. The van der Waals surface area contributed by atoms with Crippen LogP contribution in [0.15, 0.2) is 90.1 Å². The molecule has 4 rings (SSSR count). The van der Waals surface area contributed by atoms with Gasteiger partial charge in [-0.2, -0.15) is 9.40 Å². The van der Waals surface area contributed by atoms with Gasteiger partial charge in [-0.1, -0.05) is 54.1 Å². The topological polar surface area (TPSA) is 168 Å². The molecule has 0 aliphatic heterocycles. The van der Waals surface area contributed by atoms with E-state index in [0.717, 1.165) is 11.1 Å². The number of aryl methyl sites for hydroxylation is 1. The van der Waals surface area contributed by atoms with Crippen LogP contribution in [0.25, 0.3) is 0 Å². The van der Waals surface area contributed by atoms with Crippen molar-refractivity contribution < 1.29 is 27.9 Å². The van der Waals surface area contributed by atoms with Crippen LogP contribution >= 0.6 is 11.6 Å². The molecule has 0 spiro atoms. The lowest BCUT2D eigenvalue weighted by Gasteiger charge is -2.30. The van der Waals surface area contributed by atoms with Gasteiger partial charge in [-0.05, 0) is 59.9 Å². The number of hydrogen-bond donors (Lipinski definition) is 4. The van der Waals surface area contributed by atoms with Crippen LogP contribution in [0.2, 0.25) is 5.02 Å². The molecule has 1 amide bonds. The number of Topliss-reactive ketones (excluding diaryl/α,β-unsaturated/α-hetero) is 1. The maximum absolute atomic E-state index is 13.8. The predicted molar refractivity (Wildman–Crippen MR) is 171 cm³/mol. The Morgan fingerprint density at radius 3 is 2.33 bits per heavy atom. The molecule has 4 aromatic rings. The van der Waals surface area contributed by atoms with Crippen LogP contribution in [0.3, 0.4) is 0 Å². The monoisotopic (exact) mass is 653 g/mol. The third-order valence-electron chi connectivity index (χ3n) is 7.48. The quantitative estimate of drug-likeness (QED) is 0.140. The molecule has 3 aromatic carbocycles. The molecule has 0 fully saturated rings. The summed E-state index contributed by atoms with van der Waals surface area (Å²) in [7, 11) is -2.81. The van der Waals surface area contributed by atoms with Gasteiger partial charge in [0.15, 0.2) is 5.78 Å². The Balaban J connectivity index is 1.55. The van der Waals surface area contributed by atoms with Crippen LogP contribution in [0.1, 0.15) is 28.7 Å². The van der Waals surface area contributed by atoms with E-state index in [9.17, 15) is 23.1 Å². The number of nitrogen functional groups attached to an aromatic ring is 1. The molecular formula is C32H36ClN5O6S. The third-order valence-corrected chi connectivity index (χ3v) is 9.76. The van der Waals surface area contributed by atoms with Gasteiger partial charge in [-0.3, -0.25) is 9.89 Å². The summed E-state index contributed by atoms with van der Waals surface area (Å²) >= 11 is 6.33. The number of hydrogen-bond acceptors (Lipinski definition) is 8. The maximum Gasteiger partial charge on any atom is 0.407 e. The van der Waals surface area contributed by atoms with Crippen molar-refractivity contribution in [1.82, 2.24) is 19.8 Å². The predicted octanol–water partition coefficient (Wildman–Crippen LogP) is 3.91. The minimum Gasteiger partial charge on any atom is -0.453 e. The molecular weight excluding hydrogens is 618 g/mol. The molecule has 0 bridgehead atoms. The first kappa shape index (κ1) is 33.7. The number of nitrogens with zero attached hydrogens (tertiary/aromatic N) is 2. The molecule has 0 unspecified atom stereocenters. The van der Waals surface area contributed by atoms with Crippen LogP contribution in [0.5, 0.6) is 0 Å². The zero-order valence-electron chi connectivity index (χ0n) is 24.7. The largest absolute Gasteiger partial charge is 0.453 e. The summed E-state index contributed by atoms with van der Waals surface area (Å²) in [5, 5.41) is 20.2. The summed E-state index contributed by atoms with van der Waals surface area (Å²) in [6.45, 7) is -0.451. The number of halogens is 1. The van der Waals surface area contributed by atoms with Crippen LogP contribution in [0, 0.1) is 0 Å². The molecule has 1 aromatic heterocycles. The van der Waals surface area contributed by atoms with Gasteiger partial charge in [0.05, 0.1) is 30.9 Å². The van der Waals surface area contributed by atoms with E-state index in [0.29, 0.717) is 28.3 Å². The van der Waals surface area contributed by atoms with Crippen molar-refractivity contribution in [2.75, 3.05) is 19.5 Å². The van der Waals surface area contributed by atoms with Crippen LogP contribution in [-0.2, 0) is 45.4 Å². The maximum atomic E-state index is 13.8. The summed E-state index contributed by atoms with van der Waals surface area (Å²) in [6, 6.07) is 18.6. The van der Waals surface area contributed by atoms with Crippen molar-refractivity contribution in [3.63, 3.8) is 0 Å². The Hall–Kier alpha value is -4.23. The number of aliphatic hydroxyl groups excluding tert-OH is 1. The number of carbonyl (C=O) groups excluding carboxylic acids is 2. The van der Waals surface area contributed by atoms with Crippen molar-refractivity contribution in [3.8, 4) is 0 Å². The van der Waals surface area contributed by atoms with E-state index in [2.05, 4.69) is 15.5 Å². The number of H-pyrrole nitrogens is 1. The first-order chi connectivity index (χ1) is 21.6. The molecule has 0 radical (unpaired) electrons. The lowest BCUT2D eigenvalue weighted by atomic mass is 9.93. The molecule has 5 N–H and O–H groups in total. The van der Waals surface area contributed by atoms with E-state index >= 15 is 0 Å². The van der Waals surface area contributed by atoms with E-state index in [-0.39, 0.29) is 36.5 Å². The van der Waals surface area contributed by atoms with E-state index < -0.39 is 34.8 Å². The van der Waals surface area contributed by atoms with Gasteiger partial charge >= 0.3 is 6.09 Å². The van der Waals surface area contributed by atoms with Gasteiger partial charge in [0.2, 0.25) is 10.0 Å². The Kier molecular flexibility index (Phi) is 11.7. The molecule has 0 saturated heterocycles. The number of benzene rings is 3. The Morgan fingerprint density at radius 1 is 1.04 bits per heavy atom. The highest BCUT2D eigenvalue weighted by Gasteiger charge is 2.32. The summed E-state index contributed by atoms with van der Waals surface area (Å²) in [6.07, 6.45) is 3.20. The van der Waals surface area contributed by atoms with Crippen molar-refractivity contribution in [2.24, 2.45) is 0 Å². The average Bonchev–Trinajstić information content (AvgIpc) is 3.55. The zero-order valence-corrected chi connectivity index (χ0v) is 26.3. The number of anilines is 1. The summed E-state index contributed by atoms with van der Waals surface area (Å²) in [5.74, 6) is -0.251. The molecule has 0 aliphatic rings. The second kappa shape index (κ2) is 15.7. The first-order valence-electron chi connectivity index (χ1n) is 14.3. The normalized spacial score (nSPS) is 12.9. The number of rotatable bonds is 15. The number of amides is 1. The van der Waals surface area contributed by atoms with Gasteiger partial charge in [-0.25, -0.2) is 13.2 Å². The number of nitrogens with one attached hydrogen (secondary N) is 2. The number of aromatic amines is 1. The number of ketones is 1. The Bertz CT molecular complexity index is 1680. The second-order valence-electron chi connectivity index (χ2n) is 10.5. The number of nitrogens with two attached hydrogens (primary N) is 1. The smallest absolute Gasteiger partial charge is 0.407 e. The highest BCUT2D eigenvalue weighted by Crippen LogP contribution is 2.25. The van der Waals surface area contributed by atoms with Crippen LogP contribution < -0.4 is 11.1 Å². The molecule has 11 nitrogen and oxygen atoms in total. The number of aliphatic hydroxyl groups is 1. The first-order valence-corrected chi connectivity index (χ1v) is 16.1. The lowest BCUT2D eigenvalue weighted by molar-refractivity contribution is -0.120. The van der Waals surface area contributed by atoms with Crippen molar-refractivity contribution in [1.29, 1.82) is 0 Å². The fourth-order valence-corrected chi connectivity index (χ4v) is 6.84. The summed E-state index contributed by atoms with van der Waals surface area (Å²) in [4.78, 5) is 25.7. The second-order valence-corrected chi connectivity index (χ2v) is 12.8. The van der Waals surface area contributed by atoms with Crippen molar-refractivity contribution in [2.45, 2.75) is 49.2 Å². The number of methoxy groups -OCH3 is 1. The van der Waals surface area contributed by atoms with Gasteiger partial charge in [0, 0.05) is 47.9 Å². The number of aromatic nitrogens is 2. The van der Waals surface area contributed by atoms with Crippen LogP contribution in [-0.4, -0.2) is 65.7 Å². The standard InChI is InChI=1S/C32H36ClN5O6S/c1-44-32(41)37-30(16-25-8-4-5-9-29(25)33)31(40)17-24-7-3-2-6-23(24)10-13-27(21-39)38(20-22-18-35-36-19-22)45(42,43)28-14-11-26(34)12-15-28/h2-9,11-12,14-15,18-19,27,30,39H,10,13,16-17,20-21,34H2,1H3,(H,35,36)(H,37,41)/t27-,30-/m0/s1. The van der Waals surface area contributed by atoms with Crippen LogP contribution in [0.4, 0.5) is 10.5 Å².